The Balaban J connectivity index is 2.05. The van der Waals surface area contributed by atoms with Crippen LogP contribution in [0.5, 0.6) is 0 Å². The number of esters is 1. The van der Waals surface area contributed by atoms with E-state index in [1.54, 1.807) is 13.1 Å². The Bertz CT molecular complexity index is 303. The minimum atomic E-state index is -0.367. The second-order valence-electron chi connectivity index (χ2n) is 3.18. The van der Waals surface area contributed by atoms with E-state index in [0.29, 0.717) is 24.8 Å². The molecule has 0 aliphatic carbocycles. The summed E-state index contributed by atoms with van der Waals surface area (Å²) in [7, 11) is 0. The Labute approximate surface area is 82.0 Å². The maximum atomic E-state index is 11.2. The quantitative estimate of drug-likeness (QED) is 0.442. The summed E-state index contributed by atoms with van der Waals surface area (Å²) in [5.74, 6) is 0.0449. The van der Waals surface area contributed by atoms with Crippen molar-refractivity contribution in [2.75, 3.05) is 26.3 Å². The van der Waals surface area contributed by atoms with Gasteiger partial charge >= 0.3 is 5.97 Å². The van der Waals surface area contributed by atoms with Crippen molar-refractivity contribution in [2.24, 2.45) is 4.99 Å². The molecule has 0 aromatic rings. The van der Waals surface area contributed by atoms with Crippen molar-refractivity contribution in [2.45, 2.75) is 6.92 Å². The molecule has 2 aliphatic rings. The third-order valence-electron chi connectivity index (χ3n) is 2.08. The summed E-state index contributed by atoms with van der Waals surface area (Å²) < 4.78 is 9.99. The molecule has 1 fully saturated rings. The van der Waals surface area contributed by atoms with Crippen LogP contribution >= 0.6 is 0 Å². The normalized spacial score (nSPS) is 25.2. The molecule has 2 heterocycles. The largest absolute Gasteiger partial charge is 0.407 e. The number of hydrogen-bond donors (Lipinski definition) is 0. The highest BCUT2D eigenvalue weighted by Crippen LogP contribution is 2.12. The van der Waals surface area contributed by atoms with Gasteiger partial charge in [0.1, 0.15) is 0 Å². The lowest BCUT2D eigenvalue weighted by molar-refractivity contribution is -0.130. The predicted octanol–water partition coefficient (Wildman–Crippen LogP) is 0.135. The first-order valence-electron chi connectivity index (χ1n) is 4.57. The molecule has 14 heavy (non-hydrogen) atoms. The summed E-state index contributed by atoms with van der Waals surface area (Å²) in [6.45, 7) is 4.65. The first-order chi connectivity index (χ1) is 6.75. The van der Waals surface area contributed by atoms with Crippen LogP contribution in [0.4, 0.5) is 0 Å². The molecule has 76 valence electrons. The van der Waals surface area contributed by atoms with Crippen LogP contribution in [0.15, 0.2) is 16.9 Å². The van der Waals surface area contributed by atoms with Crippen molar-refractivity contribution in [3.05, 3.63) is 11.9 Å². The molecule has 1 saturated heterocycles. The number of ether oxygens (including phenoxy) is 2. The van der Waals surface area contributed by atoms with Crippen molar-refractivity contribution in [3.63, 3.8) is 0 Å². The number of hydrogen-bond acceptors (Lipinski definition) is 5. The fourth-order valence-corrected chi connectivity index (χ4v) is 1.39. The molecule has 0 unspecified atom stereocenters. The van der Waals surface area contributed by atoms with E-state index < -0.39 is 0 Å². The van der Waals surface area contributed by atoms with Crippen molar-refractivity contribution in [3.8, 4) is 0 Å². The monoisotopic (exact) mass is 196 g/mol. The molecule has 0 amide bonds. The van der Waals surface area contributed by atoms with E-state index in [1.165, 1.54) is 0 Å². The van der Waals surface area contributed by atoms with Gasteiger partial charge in [0.25, 0.3) is 0 Å². The van der Waals surface area contributed by atoms with Crippen LogP contribution in [0.3, 0.4) is 0 Å². The molecule has 5 nitrogen and oxygen atoms in total. The van der Waals surface area contributed by atoms with E-state index in [1.807, 2.05) is 4.90 Å². The van der Waals surface area contributed by atoms with Gasteiger partial charge in [0.05, 0.1) is 13.2 Å². The first kappa shape index (κ1) is 9.21. The van der Waals surface area contributed by atoms with Gasteiger partial charge in [-0.05, 0) is 0 Å². The fourth-order valence-electron chi connectivity index (χ4n) is 1.39. The summed E-state index contributed by atoms with van der Waals surface area (Å²) in [5.41, 5.74) is 0.379. The molecule has 0 atom stereocenters. The summed E-state index contributed by atoms with van der Waals surface area (Å²) in [5, 5.41) is 0. The van der Waals surface area contributed by atoms with Gasteiger partial charge in [-0.15, -0.1) is 0 Å². The predicted molar refractivity (Wildman–Crippen MR) is 49.7 cm³/mol. The van der Waals surface area contributed by atoms with Crippen LogP contribution in [0.2, 0.25) is 0 Å². The van der Waals surface area contributed by atoms with Gasteiger partial charge in [-0.25, -0.2) is 9.79 Å². The summed E-state index contributed by atoms with van der Waals surface area (Å²) in [4.78, 5) is 17.2. The topological polar surface area (TPSA) is 51.1 Å². The Morgan fingerprint density at radius 1 is 1.43 bits per heavy atom. The van der Waals surface area contributed by atoms with E-state index in [-0.39, 0.29) is 5.97 Å². The zero-order valence-electron chi connectivity index (χ0n) is 8.02. The van der Waals surface area contributed by atoms with Crippen LogP contribution in [0, 0.1) is 0 Å². The van der Waals surface area contributed by atoms with Gasteiger partial charge in [-0.3, -0.25) is 0 Å². The summed E-state index contributed by atoms with van der Waals surface area (Å²) in [6, 6.07) is 0. The lowest BCUT2D eigenvalue weighted by Crippen LogP contribution is -2.32. The van der Waals surface area contributed by atoms with Crippen LogP contribution in [-0.4, -0.2) is 43.1 Å². The summed E-state index contributed by atoms with van der Waals surface area (Å²) >= 11 is 0. The number of rotatable bonds is 1. The SMILES string of the molecule is CC1=NC(=CN2CCOCC2)C(=O)O1. The van der Waals surface area contributed by atoms with Gasteiger partial charge in [0.15, 0.2) is 11.6 Å². The zero-order valence-corrected chi connectivity index (χ0v) is 8.02. The van der Waals surface area contributed by atoms with Gasteiger partial charge in [-0.2, -0.15) is 0 Å². The third-order valence-corrected chi connectivity index (χ3v) is 2.08. The third kappa shape index (κ3) is 1.93. The number of cyclic esters (lactones) is 1. The molecule has 2 rings (SSSR count). The van der Waals surface area contributed by atoms with E-state index in [2.05, 4.69) is 4.99 Å². The Morgan fingerprint density at radius 3 is 2.71 bits per heavy atom. The molecule has 5 heteroatoms. The minimum Gasteiger partial charge on any atom is -0.407 e. The van der Waals surface area contributed by atoms with Crippen molar-refractivity contribution >= 4 is 11.9 Å². The number of morpholine rings is 1. The second-order valence-corrected chi connectivity index (χ2v) is 3.18. The minimum absolute atomic E-state index is 0.367. The smallest absolute Gasteiger partial charge is 0.365 e. The lowest BCUT2D eigenvalue weighted by Gasteiger charge is -2.24. The van der Waals surface area contributed by atoms with E-state index in [0.717, 1.165) is 13.1 Å². The van der Waals surface area contributed by atoms with Gasteiger partial charge in [0.2, 0.25) is 0 Å². The maximum absolute atomic E-state index is 11.2. The maximum Gasteiger partial charge on any atom is 0.365 e. The average Bonchev–Trinajstić information content (AvgIpc) is 2.47. The van der Waals surface area contributed by atoms with Crippen LogP contribution < -0.4 is 0 Å². The Kier molecular flexibility index (Phi) is 2.49. The molecule has 0 radical (unpaired) electrons. The standard InChI is InChI=1S/C9H12N2O3/c1-7-10-8(9(12)14-7)6-11-2-4-13-5-3-11/h6H,2-5H2,1H3. The number of carbonyl (C=O) groups excluding carboxylic acids is 1. The van der Waals surface area contributed by atoms with Crippen molar-refractivity contribution < 1.29 is 14.3 Å². The number of carbonyl (C=O) groups is 1. The van der Waals surface area contributed by atoms with Crippen molar-refractivity contribution in [1.29, 1.82) is 0 Å². The number of aliphatic imine (C=N–C) groups is 1. The van der Waals surface area contributed by atoms with Gasteiger partial charge < -0.3 is 14.4 Å². The Hall–Kier alpha value is -1.36. The molecule has 0 N–H and O–H groups in total. The lowest BCUT2D eigenvalue weighted by atomic mass is 10.4. The second kappa shape index (κ2) is 3.79. The molecule has 2 aliphatic heterocycles. The van der Waals surface area contributed by atoms with E-state index >= 15 is 0 Å². The molecule has 0 bridgehead atoms. The average molecular weight is 196 g/mol. The molecule has 0 saturated carbocycles. The van der Waals surface area contributed by atoms with Crippen molar-refractivity contribution in [1.82, 2.24) is 4.90 Å². The first-order valence-corrected chi connectivity index (χ1v) is 4.57. The molecule has 0 spiro atoms. The number of nitrogens with zero attached hydrogens (tertiary/aromatic N) is 2. The highest BCUT2D eigenvalue weighted by Gasteiger charge is 2.21. The van der Waals surface area contributed by atoms with Gasteiger partial charge in [0, 0.05) is 26.2 Å². The van der Waals surface area contributed by atoms with Crippen LogP contribution in [0.25, 0.3) is 0 Å². The molecular formula is C9H12N2O3. The van der Waals surface area contributed by atoms with Crippen LogP contribution in [-0.2, 0) is 14.3 Å². The zero-order chi connectivity index (χ0) is 9.97. The Morgan fingerprint density at radius 2 is 2.14 bits per heavy atom. The van der Waals surface area contributed by atoms with E-state index in [4.69, 9.17) is 9.47 Å². The molecule has 0 aromatic carbocycles. The highest BCUT2D eigenvalue weighted by molar-refractivity contribution is 6.03. The van der Waals surface area contributed by atoms with Crippen LogP contribution in [0.1, 0.15) is 6.92 Å². The fraction of sp³-hybridized carbons (Fsp3) is 0.556. The van der Waals surface area contributed by atoms with E-state index in [9.17, 15) is 4.79 Å². The highest BCUT2D eigenvalue weighted by atomic mass is 16.6. The molecular weight excluding hydrogens is 184 g/mol. The molecule has 0 aromatic heterocycles. The summed E-state index contributed by atoms with van der Waals surface area (Å²) in [6.07, 6.45) is 1.74. The van der Waals surface area contributed by atoms with Gasteiger partial charge in [-0.1, -0.05) is 0 Å².